The second kappa shape index (κ2) is 12.1. The molecule has 3 aliphatic rings. The molecule has 0 unspecified atom stereocenters. The Labute approximate surface area is 197 Å². The van der Waals surface area contributed by atoms with Crippen molar-refractivity contribution in [3.8, 4) is 5.75 Å². The maximum absolute atomic E-state index is 12.5. The Bertz CT molecular complexity index is 740. The van der Waals surface area contributed by atoms with Crippen LogP contribution in [0.2, 0.25) is 0 Å². The molecule has 3 heterocycles. The summed E-state index contributed by atoms with van der Waals surface area (Å²) in [5, 5.41) is 13.4. The minimum absolute atomic E-state index is 0.0647. The monoisotopic (exact) mass is 461 g/mol. The summed E-state index contributed by atoms with van der Waals surface area (Å²) in [6.07, 6.45) is 3.95. The van der Waals surface area contributed by atoms with Crippen molar-refractivity contribution in [2.75, 3.05) is 53.0 Å². The largest absolute Gasteiger partial charge is 0.497 e. The van der Waals surface area contributed by atoms with Gasteiger partial charge in [-0.25, -0.2) is 0 Å². The van der Waals surface area contributed by atoms with Gasteiger partial charge in [0.25, 0.3) is 0 Å². The number of hydrogen-bond donors (Lipinski definition) is 2. The van der Waals surface area contributed by atoms with Gasteiger partial charge in [0.05, 0.1) is 45.1 Å². The number of nitrogens with zero attached hydrogens (tertiary/aromatic N) is 2. The highest BCUT2D eigenvalue weighted by Gasteiger charge is 2.38. The molecule has 0 aromatic heterocycles. The standard InChI is InChI=1S/C25H39N3O5/c1-31-21-6-4-19(5-7-21)15-28-16-20(29)17-32-18-24-23(28)9-8-22(33-24)14-25(30)26-10-13-27-11-2-3-12-27/h4-7,20,22-24,29H,2-3,8-18H2,1H3,(H,26,30)/t20-,22-,23+,24-/m0/s1. The molecule has 3 saturated heterocycles. The van der Waals surface area contributed by atoms with Crippen molar-refractivity contribution in [3.63, 3.8) is 0 Å². The van der Waals surface area contributed by atoms with Crippen LogP contribution in [0.5, 0.6) is 5.75 Å². The van der Waals surface area contributed by atoms with E-state index in [-0.39, 0.29) is 24.2 Å². The van der Waals surface area contributed by atoms with Crippen molar-refractivity contribution in [3.05, 3.63) is 29.8 Å². The van der Waals surface area contributed by atoms with E-state index < -0.39 is 6.10 Å². The third kappa shape index (κ3) is 7.13. The number of aliphatic hydroxyl groups is 1. The fourth-order valence-corrected chi connectivity index (χ4v) is 5.23. The summed E-state index contributed by atoms with van der Waals surface area (Å²) in [5.41, 5.74) is 1.17. The number of aliphatic hydroxyl groups excluding tert-OH is 1. The van der Waals surface area contributed by atoms with Crippen LogP contribution in [-0.4, -0.2) is 98.2 Å². The van der Waals surface area contributed by atoms with Crippen molar-refractivity contribution in [2.24, 2.45) is 0 Å². The molecule has 0 spiro atoms. The Morgan fingerprint density at radius 3 is 2.73 bits per heavy atom. The number of ether oxygens (including phenoxy) is 3. The second-order valence-electron chi connectivity index (χ2n) is 9.51. The van der Waals surface area contributed by atoms with Gasteiger partial charge in [-0.1, -0.05) is 12.1 Å². The zero-order valence-electron chi connectivity index (χ0n) is 19.8. The number of hydrogen-bond acceptors (Lipinski definition) is 7. The van der Waals surface area contributed by atoms with E-state index in [9.17, 15) is 9.90 Å². The summed E-state index contributed by atoms with van der Waals surface area (Å²) >= 11 is 0. The smallest absolute Gasteiger partial charge is 0.222 e. The van der Waals surface area contributed by atoms with Gasteiger partial charge in [0, 0.05) is 32.2 Å². The van der Waals surface area contributed by atoms with Crippen molar-refractivity contribution in [2.45, 2.75) is 63.0 Å². The third-order valence-corrected chi connectivity index (χ3v) is 6.99. The Hall–Kier alpha value is -1.71. The first-order chi connectivity index (χ1) is 16.1. The van der Waals surface area contributed by atoms with Crippen LogP contribution in [0.15, 0.2) is 24.3 Å². The first-order valence-corrected chi connectivity index (χ1v) is 12.4. The van der Waals surface area contributed by atoms with Crippen molar-refractivity contribution in [1.29, 1.82) is 0 Å². The lowest BCUT2D eigenvalue weighted by Crippen LogP contribution is -2.55. The SMILES string of the molecule is COc1ccc(CN2C[C@H](O)COC[C@@H]3O[C@H](CC(=O)NCCN4CCCC4)CC[C@H]32)cc1. The topological polar surface area (TPSA) is 83.5 Å². The molecule has 4 rings (SSSR count). The first kappa shape index (κ1) is 24.4. The number of carbonyl (C=O) groups is 1. The fraction of sp³-hybridized carbons (Fsp3) is 0.720. The van der Waals surface area contributed by atoms with Crippen LogP contribution in [0, 0.1) is 0 Å². The van der Waals surface area contributed by atoms with Crippen LogP contribution >= 0.6 is 0 Å². The summed E-state index contributed by atoms with van der Waals surface area (Å²) in [6, 6.07) is 8.21. The van der Waals surface area contributed by atoms with Gasteiger partial charge in [0.2, 0.25) is 5.91 Å². The summed E-state index contributed by atoms with van der Waals surface area (Å²) in [7, 11) is 1.66. The molecule has 3 aliphatic heterocycles. The van der Waals surface area contributed by atoms with Gasteiger partial charge in [-0.05, 0) is 56.5 Å². The van der Waals surface area contributed by atoms with E-state index in [0.29, 0.717) is 32.7 Å². The normalized spacial score (nSPS) is 29.2. The number of nitrogens with one attached hydrogen (secondary N) is 1. The molecule has 0 radical (unpaired) electrons. The van der Waals surface area contributed by atoms with E-state index in [0.717, 1.165) is 44.8 Å². The molecular weight excluding hydrogens is 422 g/mol. The number of likely N-dealkylation sites (tertiary alicyclic amines) is 1. The Morgan fingerprint density at radius 1 is 1.18 bits per heavy atom. The lowest BCUT2D eigenvalue weighted by atomic mass is 9.94. The lowest BCUT2D eigenvalue weighted by molar-refractivity contribution is -0.158. The minimum atomic E-state index is -0.525. The molecule has 3 fully saturated rings. The number of benzene rings is 1. The van der Waals surface area contributed by atoms with Gasteiger partial charge in [0.1, 0.15) is 5.75 Å². The molecule has 2 N–H and O–H groups in total. The summed E-state index contributed by atoms with van der Waals surface area (Å²) < 4.78 is 17.4. The summed E-state index contributed by atoms with van der Waals surface area (Å²) in [5.74, 6) is 0.898. The van der Waals surface area contributed by atoms with Crippen LogP contribution in [0.1, 0.15) is 37.7 Å². The molecule has 33 heavy (non-hydrogen) atoms. The van der Waals surface area contributed by atoms with Crippen LogP contribution in [0.4, 0.5) is 0 Å². The number of amides is 1. The average Bonchev–Trinajstić information content (AvgIpc) is 3.32. The molecule has 8 nitrogen and oxygen atoms in total. The van der Waals surface area contributed by atoms with E-state index in [4.69, 9.17) is 14.2 Å². The molecule has 8 heteroatoms. The molecule has 0 saturated carbocycles. The number of β-amino-alcohol motifs (C(OH)–C–C–N with tert-alkyl or cyclic N) is 1. The van der Waals surface area contributed by atoms with Crippen molar-refractivity contribution >= 4 is 5.91 Å². The number of methoxy groups -OCH3 is 1. The maximum Gasteiger partial charge on any atom is 0.222 e. The minimum Gasteiger partial charge on any atom is -0.497 e. The Balaban J connectivity index is 1.30. The summed E-state index contributed by atoms with van der Waals surface area (Å²) in [4.78, 5) is 17.2. The van der Waals surface area contributed by atoms with Crippen LogP contribution in [-0.2, 0) is 20.8 Å². The van der Waals surface area contributed by atoms with E-state index in [1.165, 1.54) is 18.4 Å². The Morgan fingerprint density at radius 2 is 1.97 bits per heavy atom. The predicted molar refractivity (Wildman–Crippen MR) is 125 cm³/mol. The average molecular weight is 462 g/mol. The van der Waals surface area contributed by atoms with Gasteiger partial charge in [0.15, 0.2) is 0 Å². The first-order valence-electron chi connectivity index (χ1n) is 12.4. The van der Waals surface area contributed by atoms with E-state index in [2.05, 4.69) is 27.2 Å². The third-order valence-electron chi connectivity index (χ3n) is 6.99. The molecule has 0 bridgehead atoms. The van der Waals surface area contributed by atoms with Crippen molar-refractivity contribution < 1.29 is 24.1 Å². The molecule has 1 aromatic rings. The molecular formula is C25H39N3O5. The molecule has 4 atom stereocenters. The fourth-order valence-electron chi connectivity index (χ4n) is 5.23. The van der Waals surface area contributed by atoms with Crippen LogP contribution < -0.4 is 10.1 Å². The lowest BCUT2D eigenvalue weighted by Gasteiger charge is -2.44. The van der Waals surface area contributed by atoms with Gasteiger partial charge in [-0.2, -0.15) is 0 Å². The van der Waals surface area contributed by atoms with Crippen molar-refractivity contribution in [1.82, 2.24) is 15.1 Å². The van der Waals surface area contributed by atoms with Gasteiger partial charge >= 0.3 is 0 Å². The molecule has 184 valence electrons. The van der Waals surface area contributed by atoms with Gasteiger partial charge in [-0.15, -0.1) is 0 Å². The Kier molecular flexibility index (Phi) is 8.97. The number of fused-ring (bicyclic) bond motifs is 1. The molecule has 1 amide bonds. The quantitative estimate of drug-likeness (QED) is 0.606. The second-order valence-corrected chi connectivity index (χ2v) is 9.51. The van der Waals surface area contributed by atoms with Gasteiger partial charge < -0.3 is 29.5 Å². The zero-order chi connectivity index (χ0) is 23.0. The molecule has 1 aromatic carbocycles. The number of carbonyl (C=O) groups excluding carboxylic acids is 1. The van der Waals surface area contributed by atoms with E-state index >= 15 is 0 Å². The van der Waals surface area contributed by atoms with Crippen LogP contribution in [0.3, 0.4) is 0 Å². The zero-order valence-corrected chi connectivity index (χ0v) is 19.8. The van der Waals surface area contributed by atoms with Gasteiger partial charge in [-0.3, -0.25) is 9.69 Å². The highest BCUT2D eigenvalue weighted by atomic mass is 16.5. The maximum atomic E-state index is 12.5. The summed E-state index contributed by atoms with van der Waals surface area (Å²) in [6.45, 7) is 5.93. The van der Waals surface area contributed by atoms with E-state index in [1.54, 1.807) is 7.11 Å². The highest BCUT2D eigenvalue weighted by molar-refractivity contribution is 5.76. The van der Waals surface area contributed by atoms with E-state index in [1.807, 2.05) is 12.1 Å². The number of rotatable bonds is 8. The molecule has 0 aliphatic carbocycles. The highest BCUT2D eigenvalue weighted by Crippen LogP contribution is 2.29. The predicted octanol–water partition coefficient (Wildman–Crippen LogP) is 1.41. The van der Waals surface area contributed by atoms with Crippen LogP contribution in [0.25, 0.3) is 0 Å².